The second-order valence-electron chi connectivity index (χ2n) is 4.66. The normalized spacial score (nSPS) is 12.9. The Morgan fingerprint density at radius 1 is 1.22 bits per heavy atom. The summed E-state index contributed by atoms with van der Waals surface area (Å²) in [4.78, 5) is 0.461. The third kappa shape index (κ3) is 3.06. The van der Waals surface area contributed by atoms with Crippen LogP contribution in [0, 0.1) is 0 Å². The van der Waals surface area contributed by atoms with Crippen LogP contribution >= 0.6 is 22.7 Å². The van der Waals surface area contributed by atoms with Gasteiger partial charge in [-0.05, 0) is 37.4 Å². The lowest BCUT2D eigenvalue weighted by Crippen LogP contribution is -2.16. The third-order valence-corrected chi connectivity index (χ3v) is 7.03. The molecule has 0 spiro atoms. The molecule has 8 heteroatoms. The lowest BCUT2D eigenvalue weighted by atomic mass is 10.3. The van der Waals surface area contributed by atoms with Crippen molar-refractivity contribution in [3.05, 3.63) is 40.5 Å². The van der Waals surface area contributed by atoms with Gasteiger partial charge in [0.05, 0.1) is 11.3 Å². The molecule has 1 aromatic carbocycles. The minimum atomic E-state index is -3.68. The Morgan fingerprint density at radius 2 is 2.04 bits per heavy atom. The maximum Gasteiger partial charge on any atom is 0.294 e. The molecule has 3 aromatic rings. The average molecular weight is 369 g/mol. The van der Waals surface area contributed by atoms with Gasteiger partial charge in [0, 0.05) is 6.54 Å². The number of rotatable bonds is 5. The zero-order valence-corrected chi connectivity index (χ0v) is 15.2. The van der Waals surface area contributed by atoms with Gasteiger partial charge in [0.15, 0.2) is 0 Å². The summed E-state index contributed by atoms with van der Waals surface area (Å²) >= 11 is 2.52. The number of nitrogens with zero attached hydrogens (tertiary/aromatic N) is 2. The molecule has 0 aliphatic heterocycles. The standard InChI is InChI=1S/C15H16N2O3S3/c1-3-17-14-11(20-4-2)7-5-8-12(14)22-15(17)16-23(18,19)13-9-6-10-21-13/h5-10H,3-4H2,1-2H3. The molecule has 0 aliphatic rings. The van der Waals surface area contributed by atoms with Gasteiger partial charge in [-0.3, -0.25) is 0 Å². The molecule has 0 aliphatic carbocycles. The van der Waals surface area contributed by atoms with E-state index in [0.717, 1.165) is 16.0 Å². The van der Waals surface area contributed by atoms with Crippen LogP contribution in [0.3, 0.4) is 0 Å². The molecule has 23 heavy (non-hydrogen) atoms. The van der Waals surface area contributed by atoms with E-state index in [2.05, 4.69) is 4.40 Å². The van der Waals surface area contributed by atoms with Gasteiger partial charge in [0.25, 0.3) is 10.0 Å². The van der Waals surface area contributed by atoms with Crippen molar-refractivity contribution in [3.8, 4) is 5.75 Å². The number of hydrogen-bond acceptors (Lipinski definition) is 5. The first kappa shape index (κ1) is 16.2. The number of ether oxygens (including phenoxy) is 1. The minimum absolute atomic E-state index is 0.252. The number of benzene rings is 1. The number of fused-ring (bicyclic) bond motifs is 1. The van der Waals surface area contributed by atoms with Crippen molar-refractivity contribution >= 4 is 42.9 Å². The number of thiophene rings is 1. The molecule has 0 amide bonds. The summed E-state index contributed by atoms with van der Waals surface area (Å²) in [5.74, 6) is 0.748. The highest BCUT2D eigenvalue weighted by molar-refractivity contribution is 7.92. The Labute approximate surface area is 142 Å². The Balaban J connectivity index is 2.27. The summed E-state index contributed by atoms with van der Waals surface area (Å²) in [6, 6.07) is 9.02. The van der Waals surface area contributed by atoms with Crippen LogP contribution in [-0.2, 0) is 16.6 Å². The molecule has 3 rings (SSSR count). The Hall–Kier alpha value is -1.64. The van der Waals surface area contributed by atoms with Crippen LogP contribution in [0.5, 0.6) is 5.75 Å². The number of sulfonamides is 1. The number of aromatic nitrogens is 1. The van der Waals surface area contributed by atoms with E-state index in [-0.39, 0.29) is 4.21 Å². The van der Waals surface area contributed by atoms with Crippen molar-refractivity contribution in [3.63, 3.8) is 0 Å². The second-order valence-corrected chi connectivity index (χ2v) is 8.45. The van der Waals surface area contributed by atoms with E-state index in [4.69, 9.17) is 4.74 Å². The summed E-state index contributed by atoms with van der Waals surface area (Å²) in [5, 5.41) is 1.73. The number of hydrogen-bond donors (Lipinski definition) is 0. The lowest BCUT2D eigenvalue weighted by molar-refractivity contribution is 0.342. The largest absolute Gasteiger partial charge is 0.492 e. The molecular weight excluding hydrogens is 352 g/mol. The summed E-state index contributed by atoms with van der Waals surface area (Å²) in [7, 11) is -3.68. The van der Waals surface area contributed by atoms with E-state index < -0.39 is 10.0 Å². The highest BCUT2D eigenvalue weighted by Crippen LogP contribution is 2.28. The van der Waals surface area contributed by atoms with Gasteiger partial charge in [0.1, 0.15) is 15.5 Å². The first-order chi connectivity index (χ1) is 11.1. The Bertz CT molecular complexity index is 983. The first-order valence-electron chi connectivity index (χ1n) is 7.16. The molecule has 0 atom stereocenters. The van der Waals surface area contributed by atoms with Crippen molar-refractivity contribution in [2.75, 3.05) is 6.61 Å². The molecule has 2 heterocycles. The molecule has 0 unspecified atom stereocenters. The fourth-order valence-corrected chi connectivity index (χ4v) is 5.57. The molecule has 122 valence electrons. The fraction of sp³-hybridized carbons (Fsp3) is 0.267. The van der Waals surface area contributed by atoms with E-state index in [1.54, 1.807) is 17.5 Å². The SMILES string of the molecule is CCOc1cccc2sc(=NS(=O)(=O)c3cccs3)n(CC)c12. The van der Waals surface area contributed by atoms with Gasteiger partial charge < -0.3 is 9.30 Å². The van der Waals surface area contributed by atoms with Gasteiger partial charge in [-0.15, -0.1) is 15.7 Å². The zero-order valence-electron chi connectivity index (χ0n) is 12.7. The molecule has 0 radical (unpaired) electrons. The highest BCUT2D eigenvalue weighted by Gasteiger charge is 2.16. The maximum atomic E-state index is 12.4. The molecule has 5 nitrogen and oxygen atoms in total. The molecule has 0 bridgehead atoms. The number of para-hydroxylation sites is 1. The zero-order chi connectivity index (χ0) is 16.4. The summed E-state index contributed by atoms with van der Waals surface area (Å²) in [6.07, 6.45) is 0. The highest BCUT2D eigenvalue weighted by atomic mass is 32.2. The van der Waals surface area contributed by atoms with E-state index in [9.17, 15) is 8.42 Å². The van der Waals surface area contributed by atoms with Crippen LogP contribution in [0.2, 0.25) is 0 Å². The van der Waals surface area contributed by atoms with Crippen LogP contribution in [0.25, 0.3) is 10.2 Å². The monoisotopic (exact) mass is 368 g/mol. The predicted octanol–water partition coefficient (Wildman–Crippen LogP) is 3.47. The smallest absolute Gasteiger partial charge is 0.294 e. The van der Waals surface area contributed by atoms with Crippen molar-refractivity contribution < 1.29 is 13.2 Å². The third-order valence-electron chi connectivity index (χ3n) is 3.23. The predicted molar refractivity (Wildman–Crippen MR) is 93.7 cm³/mol. The van der Waals surface area contributed by atoms with Crippen LogP contribution in [-0.4, -0.2) is 19.6 Å². The van der Waals surface area contributed by atoms with Crippen LogP contribution in [0.15, 0.2) is 44.3 Å². The van der Waals surface area contributed by atoms with Gasteiger partial charge in [-0.25, -0.2) is 0 Å². The molecule has 0 fully saturated rings. The first-order valence-corrected chi connectivity index (χ1v) is 10.3. The second kappa shape index (κ2) is 6.46. The number of aryl methyl sites for hydroxylation is 1. The molecular formula is C15H16N2O3S3. The maximum absolute atomic E-state index is 12.4. The van der Waals surface area contributed by atoms with Crippen molar-refractivity contribution in [1.29, 1.82) is 0 Å². The number of thiazole rings is 1. The molecule has 0 saturated heterocycles. The van der Waals surface area contributed by atoms with Gasteiger partial charge in [-0.2, -0.15) is 8.42 Å². The van der Waals surface area contributed by atoms with Crippen LogP contribution in [0.1, 0.15) is 13.8 Å². The van der Waals surface area contributed by atoms with E-state index in [1.807, 2.05) is 36.6 Å². The fourth-order valence-electron chi connectivity index (χ4n) is 2.29. The van der Waals surface area contributed by atoms with Gasteiger partial charge >= 0.3 is 0 Å². The van der Waals surface area contributed by atoms with E-state index >= 15 is 0 Å². The van der Waals surface area contributed by atoms with Gasteiger partial charge in [0.2, 0.25) is 4.80 Å². The molecule has 0 N–H and O–H groups in total. The topological polar surface area (TPSA) is 60.7 Å². The van der Waals surface area contributed by atoms with Crippen LogP contribution in [0.4, 0.5) is 0 Å². The van der Waals surface area contributed by atoms with E-state index in [0.29, 0.717) is 18.0 Å². The Kier molecular flexibility index (Phi) is 4.56. The Morgan fingerprint density at radius 3 is 2.70 bits per heavy atom. The lowest BCUT2D eigenvalue weighted by Gasteiger charge is -2.07. The average Bonchev–Trinajstić information content (AvgIpc) is 3.14. The van der Waals surface area contributed by atoms with Crippen molar-refractivity contribution in [2.24, 2.45) is 4.40 Å². The van der Waals surface area contributed by atoms with Crippen molar-refractivity contribution in [1.82, 2.24) is 4.57 Å². The summed E-state index contributed by atoms with van der Waals surface area (Å²) in [5.41, 5.74) is 0.891. The summed E-state index contributed by atoms with van der Waals surface area (Å²) in [6.45, 7) is 5.06. The molecule has 2 aromatic heterocycles. The van der Waals surface area contributed by atoms with Gasteiger partial charge in [-0.1, -0.05) is 23.5 Å². The van der Waals surface area contributed by atoms with E-state index in [1.165, 1.54) is 22.7 Å². The minimum Gasteiger partial charge on any atom is -0.492 e. The summed E-state index contributed by atoms with van der Waals surface area (Å²) < 4.78 is 37.7. The van der Waals surface area contributed by atoms with Crippen LogP contribution < -0.4 is 9.54 Å². The van der Waals surface area contributed by atoms with Crippen molar-refractivity contribution in [2.45, 2.75) is 24.6 Å². The molecule has 0 saturated carbocycles. The quantitative estimate of drug-likeness (QED) is 0.693.